The van der Waals surface area contributed by atoms with Gasteiger partial charge < -0.3 is 4.40 Å². The van der Waals surface area contributed by atoms with Crippen molar-refractivity contribution in [3.05, 3.63) is 34.8 Å². The molecule has 0 saturated heterocycles. The smallest absolute Gasteiger partial charge is 0.137 e. The summed E-state index contributed by atoms with van der Waals surface area (Å²) in [5.74, 6) is 0. The maximum atomic E-state index is 4.74. The Labute approximate surface area is 90.0 Å². The van der Waals surface area contributed by atoms with Crippen molar-refractivity contribution in [3.63, 3.8) is 0 Å². The Morgan fingerprint density at radius 2 is 1.93 bits per heavy atom. The average molecular weight is 200 g/mol. The van der Waals surface area contributed by atoms with E-state index in [9.17, 15) is 0 Å². The van der Waals surface area contributed by atoms with Crippen LogP contribution >= 0.6 is 0 Å². The summed E-state index contributed by atoms with van der Waals surface area (Å²) >= 11 is 0. The Morgan fingerprint density at radius 3 is 2.80 bits per heavy atom. The molecule has 0 aliphatic heterocycles. The van der Waals surface area contributed by atoms with Crippen molar-refractivity contribution in [2.24, 2.45) is 0 Å². The molecule has 0 radical (unpaired) electrons. The molecule has 2 aromatic rings. The number of aryl methyl sites for hydroxylation is 4. The first-order valence-corrected chi connectivity index (χ1v) is 5.73. The van der Waals surface area contributed by atoms with E-state index in [0.717, 1.165) is 12.1 Å². The second kappa shape index (κ2) is 3.09. The quantitative estimate of drug-likeness (QED) is 0.639. The average Bonchev–Trinajstić information content (AvgIpc) is 2.54. The summed E-state index contributed by atoms with van der Waals surface area (Å²) in [4.78, 5) is 4.74. The number of pyridine rings is 1. The maximum Gasteiger partial charge on any atom is 0.137 e. The predicted molar refractivity (Wildman–Crippen MR) is 61.3 cm³/mol. The van der Waals surface area contributed by atoms with Crippen LogP contribution in [-0.4, -0.2) is 9.38 Å². The molecule has 0 bridgehead atoms. The fourth-order valence-electron chi connectivity index (χ4n) is 2.69. The Balaban J connectivity index is 2.37. The van der Waals surface area contributed by atoms with Crippen LogP contribution in [0.2, 0.25) is 0 Å². The van der Waals surface area contributed by atoms with Gasteiger partial charge in [0.1, 0.15) is 5.65 Å². The summed E-state index contributed by atoms with van der Waals surface area (Å²) < 4.78 is 2.33. The molecule has 0 amide bonds. The zero-order valence-electron chi connectivity index (χ0n) is 9.38. The Morgan fingerprint density at radius 1 is 1.13 bits per heavy atom. The summed E-state index contributed by atoms with van der Waals surface area (Å²) in [5, 5.41) is 0. The van der Waals surface area contributed by atoms with E-state index < -0.39 is 0 Å². The van der Waals surface area contributed by atoms with Crippen molar-refractivity contribution in [2.75, 3.05) is 0 Å². The third-order valence-corrected chi connectivity index (χ3v) is 3.30. The number of rotatable bonds is 0. The van der Waals surface area contributed by atoms with Crippen LogP contribution in [0.3, 0.4) is 0 Å². The molecular weight excluding hydrogens is 184 g/mol. The zero-order chi connectivity index (χ0) is 10.4. The third kappa shape index (κ3) is 1.28. The Kier molecular flexibility index (Phi) is 1.84. The minimum Gasteiger partial charge on any atom is -0.301 e. The number of fused-ring (bicyclic) bond motifs is 3. The van der Waals surface area contributed by atoms with Gasteiger partial charge in [0.25, 0.3) is 0 Å². The lowest BCUT2D eigenvalue weighted by molar-refractivity contribution is 0.658. The van der Waals surface area contributed by atoms with Crippen molar-refractivity contribution >= 4 is 5.65 Å². The molecule has 0 atom stereocenters. The van der Waals surface area contributed by atoms with Gasteiger partial charge in [-0.1, -0.05) is 0 Å². The summed E-state index contributed by atoms with van der Waals surface area (Å²) in [7, 11) is 0. The monoisotopic (exact) mass is 200 g/mol. The second-order valence-electron chi connectivity index (χ2n) is 4.58. The van der Waals surface area contributed by atoms with Gasteiger partial charge in [-0.3, -0.25) is 0 Å². The molecule has 1 aliphatic rings. The SMILES string of the molecule is Cc1cc(C)n2c3c(nc2c1)CCCC3. The molecule has 2 heterocycles. The number of aromatic nitrogens is 2. The first kappa shape index (κ1) is 8.96. The molecular formula is C13H16N2. The van der Waals surface area contributed by atoms with Crippen LogP contribution in [0.1, 0.15) is 35.5 Å². The van der Waals surface area contributed by atoms with Crippen LogP contribution < -0.4 is 0 Å². The van der Waals surface area contributed by atoms with Crippen LogP contribution in [0.25, 0.3) is 5.65 Å². The fraction of sp³-hybridized carbons (Fsp3) is 0.462. The Hall–Kier alpha value is -1.31. The third-order valence-electron chi connectivity index (χ3n) is 3.30. The summed E-state index contributed by atoms with van der Waals surface area (Å²) in [6, 6.07) is 4.43. The van der Waals surface area contributed by atoms with Crippen LogP contribution in [0, 0.1) is 13.8 Å². The standard InChI is InChI=1S/C13H16N2/c1-9-7-10(2)15-12-6-4-3-5-11(12)14-13(15)8-9/h7-8H,3-6H2,1-2H3. The number of nitrogens with zero attached hydrogens (tertiary/aromatic N) is 2. The predicted octanol–water partition coefficient (Wildman–Crippen LogP) is 2.83. The number of hydrogen-bond donors (Lipinski definition) is 0. The lowest BCUT2D eigenvalue weighted by atomic mass is 10.0. The lowest BCUT2D eigenvalue weighted by Gasteiger charge is -2.11. The zero-order valence-corrected chi connectivity index (χ0v) is 9.38. The Bertz CT molecular complexity index is 523. The minimum atomic E-state index is 1.14. The van der Waals surface area contributed by atoms with Gasteiger partial charge in [0.05, 0.1) is 5.69 Å². The molecule has 2 heteroatoms. The molecule has 78 valence electrons. The van der Waals surface area contributed by atoms with Gasteiger partial charge in [-0.25, -0.2) is 4.98 Å². The highest BCUT2D eigenvalue weighted by Crippen LogP contribution is 2.24. The van der Waals surface area contributed by atoms with Crippen LogP contribution in [0.4, 0.5) is 0 Å². The van der Waals surface area contributed by atoms with Gasteiger partial charge in [-0.15, -0.1) is 0 Å². The van der Waals surface area contributed by atoms with E-state index in [1.54, 1.807) is 0 Å². The van der Waals surface area contributed by atoms with Crippen molar-refractivity contribution in [1.29, 1.82) is 0 Å². The molecule has 0 unspecified atom stereocenters. The van der Waals surface area contributed by atoms with E-state index in [1.807, 2.05) is 0 Å². The minimum absolute atomic E-state index is 1.14. The highest BCUT2D eigenvalue weighted by Gasteiger charge is 2.16. The van der Waals surface area contributed by atoms with Crippen molar-refractivity contribution < 1.29 is 0 Å². The first-order valence-electron chi connectivity index (χ1n) is 5.73. The number of imidazole rings is 1. The molecule has 1 aliphatic carbocycles. The molecule has 2 aromatic heterocycles. The molecule has 0 saturated carbocycles. The normalized spacial score (nSPS) is 15.6. The topological polar surface area (TPSA) is 17.3 Å². The van der Waals surface area contributed by atoms with Crippen molar-refractivity contribution in [1.82, 2.24) is 9.38 Å². The van der Waals surface area contributed by atoms with E-state index >= 15 is 0 Å². The molecule has 0 N–H and O–H groups in total. The van der Waals surface area contributed by atoms with Crippen LogP contribution in [-0.2, 0) is 12.8 Å². The van der Waals surface area contributed by atoms with Gasteiger partial charge in [-0.2, -0.15) is 0 Å². The maximum absolute atomic E-state index is 4.74. The largest absolute Gasteiger partial charge is 0.301 e. The van der Waals surface area contributed by atoms with E-state index in [1.165, 1.54) is 41.9 Å². The lowest BCUT2D eigenvalue weighted by Crippen LogP contribution is -2.05. The molecule has 0 spiro atoms. The second-order valence-corrected chi connectivity index (χ2v) is 4.58. The van der Waals surface area contributed by atoms with Crippen molar-refractivity contribution in [3.8, 4) is 0 Å². The van der Waals surface area contributed by atoms with Crippen LogP contribution in [0.15, 0.2) is 12.1 Å². The highest BCUT2D eigenvalue weighted by atomic mass is 15.0. The van der Waals surface area contributed by atoms with E-state index in [-0.39, 0.29) is 0 Å². The van der Waals surface area contributed by atoms with Gasteiger partial charge in [0.2, 0.25) is 0 Å². The van der Waals surface area contributed by atoms with Crippen LogP contribution in [0.5, 0.6) is 0 Å². The highest BCUT2D eigenvalue weighted by molar-refractivity contribution is 5.48. The molecule has 0 aromatic carbocycles. The van der Waals surface area contributed by atoms with Gasteiger partial charge in [-0.05, 0) is 57.2 Å². The van der Waals surface area contributed by atoms with Gasteiger partial charge >= 0.3 is 0 Å². The summed E-state index contributed by atoms with van der Waals surface area (Å²) in [6.45, 7) is 4.32. The van der Waals surface area contributed by atoms with E-state index in [2.05, 4.69) is 30.4 Å². The van der Waals surface area contributed by atoms with E-state index in [4.69, 9.17) is 4.98 Å². The van der Waals surface area contributed by atoms with Gasteiger partial charge in [0, 0.05) is 11.4 Å². The fourth-order valence-corrected chi connectivity index (χ4v) is 2.69. The molecule has 15 heavy (non-hydrogen) atoms. The summed E-state index contributed by atoms with van der Waals surface area (Å²) in [6.07, 6.45) is 4.97. The summed E-state index contributed by atoms with van der Waals surface area (Å²) in [5.41, 5.74) is 6.55. The molecule has 2 nitrogen and oxygen atoms in total. The number of hydrogen-bond acceptors (Lipinski definition) is 1. The van der Waals surface area contributed by atoms with E-state index in [0.29, 0.717) is 0 Å². The van der Waals surface area contributed by atoms with Gasteiger partial charge in [0.15, 0.2) is 0 Å². The van der Waals surface area contributed by atoms with Crippen molar-refractivity contribution in [2.45, 2.75) is 39.5 Å². The molecule has 3 rings (SSSR count). The first-order chi connectivity index (χ1) is 7.25. The molecule has 0 fully saturated rings.